The number of anilines is 1. The predicted octanol–water partition coefficient (Wildman–Crippen LogP) is 1.77. The van der Waals surface area contributed by atoms with Crippen LogP contribution in [-0.2, 0) is 9.84 Å². The zero-order valence-electron chi connectivity index (χ0n) is 13.1. The molecular weight excluding hydrogens is 488 g/mol. The summed E-state index contributed by atoms with van der Waals surface area (Å²) in [6.45, 7) is 1.14. The van der Waals surface area contributed by atoms with Crippen molar-refractivity contribution in [2.24, 2.45) is 4.99 Å². The van der Waals surface area contributed by atoms with Crippen molar-refractivity contribution in [2.45, 2.75) is 12.5 Å². The third-order valence-electron chi connectivity index (χ3n) is 3.31. The van der Waals surface area contributed by atoms with Gasteiger partial charge < -0.3 is 16.0 Å². The first-order chi connectivity index (χ1) is 10.9. The quantitative estimate of drug-likeness (QED) is 0.243. The first-order valence-corrected chi connectivity index (χ1v) is 9.70. The fourth-order valence-electron chi connectivity index (χ4n) is 2.20. The van der Waals surface area contributed by atoms with Crippen LogP contribution in [0.5, 0.6) is 0 Å². The van der Waals surface area contributed by atoms with Crippen molar-refractivity contribution in [3.8, 4) is 0 Å². The normalized spacial score (nSPS) is 19.5. The van der Waals surface area contributed by atoms with Crippen LogP contribution >= 0.6 is 47.2 Å². The number of rotatable bonds is 5. The first kappa shape index (κ1) is 21.5. The van der Waals surface area contributed by atoms with Crippen molar-refractivity contribution >= 4 is 68.8 Å². The van der Waals surface area contributed by atoms with Gasteiger partial charge in [0.15, 0.2) is 15.8 Å². The van der Waals surface area contributed by atoms with Crippen LogP contribution in [0.15, 0.2) is 17.3 Å². The molecule has 0 bridgehead atoms. The highest BCUT2D eigenvalue weighted by Crippen LogP contribution is 2.21. The van der Waals surface area contributed by atoms with E-state index >= 15 is 0 Å². The number of nitrogens with zero attached hydrogens (tertiary/aromatic N) is 2. The molecule has 24 heavy (non-hydrogen) atoms. The van der Waals surface area contributed by atoms with Crippen molar-refractivity contribution in [3.05, 3.63) is 22.3 Å². The molecule has 1 aromatic rings. The molecule has 1 saturated heterocycles. The van der Waals surface area contributed by atoms with Crippen molar-refractivity contribution < 1.29 is 8.42 Å². The Hall–Kier alpha value is -0.520. The Balaban J connectivity index is 0.00000288. The number of aromatic nitrogens is 1. The second kappa shape index (κ2) is 9.83. The van der Waals surface area contributed by atoms with Gasteiger partial charge in [-0.05, 0) is 12.5 Å². The topological polar surface area (TPSA) is 95.5 Å². The highest BCUT2D eigenvalue weighted by molar-refractivity contribution is 14.0. The molecule has 0 radical (unpaired) electrons. The minimum Gasteiger partial charge on any atom is -0.367 e. The Kier molecular flexibility index (Phi) is 8.82. The number of pyridine rings is 1. The van der Waals surface area contributed by atoms with Gasteiger partial charge in [-0.3, -0.25) is 4.99 Å². The molecule has 0 aliphatic carbocycles. The van der Waals surface area contributed by atoms with Gasteiger partial charge in [-0.25, -0.2) is 13.4 Å². The molecule has 0 amide bonds. The molecule has 2 rings (SSSR count). The minimum absolute atomic E-state index is 0. The number of halogens is 3. The van der Waals surface area contributed by atoms with E-state index in [9.17, 15) is 8.42 Å². The molecular formula is C13H20Cl2IN5O2S. The molecule has 1 aliphatic heterocycles. The van der Waals surface area contributed by atoms with Gasteiger partial charge >= 0.3 is 0 Å². The van der Waals surface area contributed by atoms with Crippen LogP contribution in [0.4, 0.5) is 5.82 Å². The second-order valence-electron chi connectivity index (χ2n) is 5.15. The summed E-state index contributed by atoms with van der Waals surface area (Å²) in [5.41, 5.74) is 0. The molecule has 1 atom stereocenters. The van der Waals surface area contributed by atoms with Crippen molar-refractivity contribution in [1.29, 1.82) is 0 Å². The molecule has 136 valence electrons. The van der Waals surface area contributed by atoms with E-state index in [1.54, 1.807) is 13.1 Å². The first-order valence-electron chi connectivity index (χ1n) is 7.12. The zero-order chi connectivity index (χ0) is 16.9. The van der Waals surface area contributed by atoms with Gasteiger partial charge in [-0.1, -0.05) is 23.2 Å². The third-order valence-corrected chi connectivity index (χ3v) is 5.58. The largest absolute Gasteiger partial charge is 0.367 e. The third kappa shape index (κ3) is 6.77. The minimum atomic E-state index is -2.91. The molecule has 2 heterocycles. The number of aliphatic imine (C=N–C) groups is 1. The predicted molar refractivity (Wildman–Crippen MR) is 110 cm³/mol. The fraction of sp³-hybridized carbons (Fsp3) is 0.538. The molecule has 1 aromatic heterocycles. The Morgan fingerprint density at radius 3 is 2.75 bits per heavy atom. The Labute approximate surface area is 168 Å². The molecule has 1 unspecified atom stereocenters. The number of nitrogens with one attached hydrogen (secondary N) is 3. The lowest BCUT2D eigenvalue weighted by Gasteiger charge is -2.16. The average Bonchev–Trinajstić information content (AvgIpc) is 2.83. The summed E-state index contributed by atoms with van der Waals surface area (Å²) < 4.78 is 22.9. The lowest BCUT2D eigenvalue weighted by atomic mass is 10.3. The number of hydrogen-bond acceptors (Lipinski definition) is 5. The van der Waals surface area contributed by atoms with Crippen LogP contribution in [0.2, 0.25) is 10.0 Å². The Bertz CT molecular complexity index is 687. The molecule has 1 aliphatic rings. The number of guanidine groups is 1. The highest BCUT2D eigenvalue weighted by atomic mass is 127. The summed E-state index contributed by atoms with van der Waals surface area (Å²) in [5, 5.41) is 10.2. The number of hydrogen-bond donors (Lipinski definition) is 3. The lowest BCUT2D eigenvalue weighted by molar-refractivity contribution is 0.599. The fourth-order valence-corrected chi connectivity index (χ4v) is 4.32. The summed E-state index contributed by atoms with van der Waals surface area (Å²) in [6.07, 6.45) is 2.12. The van der Waals surface area contributed by atoms with Crippen molar-refractivity contribution in [2.75, 3.05) is 37.0 Å². The van der Waals surface area contributed by atoms with Crippen LogP contribution in [-0.4, -0.2) is 57.0 Å². The van der Waals surface area contributed by atoms with Crippen LogP contribution in [0.1, 0.15) is 6.42 Å². The second-order valence-corrected chi connectivity index (χ2v) is 8.23. The van der Waals surface area contributed by atoms with Crippen LogP contribution in [0, 0.1) is 0 Å². The molecule has 1 fully saturated rings. The van der Waals surface area contributed by atoms with E-state index in [-0.39, 0.29) is 41.5 Å². The van der Waals surface area contributed by atoms with Gasteiger partial charge in [-0.2, -0.15) is 0 Å². The summed E-state index contributed by atoms with van der Waals surface area (Å²) in [5.74, 6) is 1.51. The van der Waals surface area contributed by atoms with Crippen molar-refractivity contribution in [1.82, 2.24) is 15.6 Å². The van der Waals surface area contributed by atoms with E-state index in [0.29, 0.717) is 41.3 Å². The average molecular weight is 508 g/mol. The van der Waals surface area contributed by atoms with E-state index < -0.39 is 9.84 Å². The van der Waals surface area contributed by atoms with Gasteiger partial charge in [0.05, 0.1) is 21.6 Å². The molecule has 11 heteroatoms. The summed E-state index contributed by atoms with van der Waals surface area (Å²) in [7, 11) is -1.27. The van der Waals surface area contributed by atoms with E-state index in [4.69, 9.17) is 23.2 Å². The Morgan fingerprint density at radius 1 is 1.42 bits per heavy atom. The maximum absolute atomic E-state index is 11.4. The number of sulfone groups is 1. The summed E-state index contributed by atoms with van der Waals surface area (Å²) >= 11 is 11.8. The molecule has 0 aromatic carbocycles. The SMILES string of the molecule is CN=C(NCCNc1ncc(Cl)cc1Cl)NC1CCS(=O)(=O)C1.I. The molecule has 3 N–H and O–H groups in total. The zero-order valence-corrected chi connectivity index (χ0v) is 17.7. The maximum Gasteiger partial charge on any atom is 0.191 e. The standard InChI is InChI=1S/C13H19Cl2N5O2S.HI/c1-16-13(20-10-2-5-23(21,22)8-10)18-4-3-17-12-11(15)6-9(14)7-19-12;/h6-7,10H,2-5,8H2,1H3,(H,17,19)(H2,16,18,20);1H. The Morgan fingerprint density at radius 2 is 2.17 bits per heavy atom. The summed E-state index contributed by atoms with van der Waals surface area (Å²) in [4.78, 5) is 8.18. The van der Waals surface area contributed by atoms with Gasteiger partial charge in [0.1, 0.15) is 5.82 Å². The molecule has 0 spiro atoms. The van der Waals surface area contributed by atoms with Crippen LogP contribution in [0.25, 0.3) is 0 Å². The molecule has 7 nitrogen and oxygen atoms in total. The van der Waals surface area contributed by atoms with Crippen LogP contribution in [0.3, 0.4) is 0 Å². The van der Waals surface area contributed by atoms with E-state index in [1.807, 2.05) is 0 Å². The lowest BCUT2D eigenvalue weighted by Crippen LogP contribution is -2.45. The van der Waals surface area contributed by atoms with E-state index in [0.717, 1.165) is 0 Å². The van der Waals surface area contributed by atoms with Gasteiger partial charge in [0.25, 0.3) is 0 Å². The highest BCUT2D eigenvalue weighted by Gasteiger charge is 2.28. The summed E-state index contributed by atoms with van der Waals surface area (Å²) in [6, 6.07) is 1.53. The van der Waals surface area contributed by atoms with Gasteiger partial charge in [0, 0.05) is 32.4 Å². The van der Waals surface area contributed by atoms with Gasteiger partial charge in [0.2, 0.25) is 0 Å². The van der Waals surface area contributed by atoms with E-state index in [2.05, 4.69) is 25.9 Å². The van der Waals surface area contributed by atoms with Crippen LogP contribution < -0.4 is 16.0 Å². The molecule has 0 saturated carbocycles. The van der Waals surface area contributed by atoms with Crippen molar-refractivity contribution in [3.63, 3.8) is 0 Å². The van der Waals surface area contributed by atoms with E-state index in [1.165, 1.54) is 6.20 Å². The maximum atomic E-state index is 11.4. The van der Waals surface area contributed by atoms with Gasteiger partial charge in [-0.15, -0.1) is 24.0 Å². The smallest absolute Gasteiger partial charge is 0.191 e. The monoisotopic (exact) mass is 507 g/mol.